The van der Waals surface area contributed by atoms with Gasteiger partial charge in [0.05, 0.1) is 6.04 Å². The van der Waals surface area contributed by atoms with Gasteiger partial charge in [0.25, 0.3) is 0 Å². The third-order valence-corrected chi connectivity index (χ3v) is 6.08. The Kier molecular flexibility index (Phi) is 4.86. The van der Waals surface area contributed by atoms with Gasteiger partial charge in [0.2, 0.25) is 5.91 Å². The van der Waals surface area contributed by atoms with E-state index in [-0.39, 0.29) is 11.9 Å². The first kappa shape index (κ1) is 16.1. The summed E-state index contributed by atoms with van der Waals surface area (Å²) in [4.78, 5) is 17.9. The molecule has 0 radical (unpaired) electrons. The van der Waals surface area contributed by atoms with Gasteiger partial charge in [-0.15, -0.1) is 0 Å². The predicted octanol–water partition coefficient (Wildman–Crippen LogP) is 2.39. The van der Waals surface area contributed by atoms with Crippen LogP contribution in [0.3, 0.4) is 0 Å². The summed E-state index contributed by atoms with van der Waals surface area (Å²) in [5, 5.41) is 3.41. The first-order valence-electron chi connectivity index (χ1n) is 9.64. The summed E-state index contributed by atoms with van der Waals surface area (Å²) in [5.74, 6) is 0.265. The Morgan fingerprint density at radius 3 is 2.75 bits per heavy atom. The number of hydrogen-bond acceptors (Lipinski definition) is 3. The molecule has 0 aromatic heterocycles. The fraction of sp³-hybridized carbons (Fsp3) is 0.650. The molecular formula is C20H29N3O. The lowest BCUT2D eigenvalue weighted by Gasteiger charge is -2.33. The van der Waals surface area contributed by atoms with Gasteiger partial charge in [0.15, 0.2) is 0 Å². The van der Waals surface area contributed by atoms with Crippen LogP contribution < -0.4 is 5.32 Å². The number of benzene rings is 1. The van der Waals surface area contributed by atoms with Crippen LogP contribution in [0.1, 0.15) is 44.1 Å². The maximum Gasteiger partial charge on any atom is 0.237 e. The lowest BCUT2D eigenvalue weighted by atomic mass is 9.98. The van der Waals surface area contributed by atoms with E-state index in [1.807, 2.05) is 6.07 Å². The van der Waals surface area contributed by atoms with Gasteiger partial charge in [-0.3, -0.25) is 14.6 Å². The van der Waals surface area contributed by atoms with Crippen LogP contribution in [0.5, 0.6) is 0 Å². The van der Waals surface area contributed by atoms with Crippen LogP contribution >= 0.6 is 0 Å². The quantitative estimate of drug-likeness (QED) is 0.922. The van der Waals surface area contributed by atoms with E-state index in [2.05, 4.69) is 39.4 Å². The highest BCUT2D eigenvalue weighted by Crippen LogP contribution is 2.28. The van der Waals surface area contributed by atoms with Crippen LogP contribution in [0.4, 0.5) is 0 Å². The monoisotopic (exact) mass is 327 g/mol. The van der Waals surface area contributed by atoms with E-state index in [4.69, 9.17) is 0 Å². The van der Waals surface area contributed by atoms with E-state index in [1.165, 1.54) is 31.4 Å². The summed E-state index contributed by atoms with van der Waals surface area (Å²) in [6.07, 6.45) is 7.15. The summed E-state index contributed by atoms with van der Waals surface area (Å²) in [6.45, 7) is 4.31. The molecular weight excluding hydrogens is 298 g/mol. The van der Waals surface area contributed by atoms with E-state index in [0.717, 1.165) is 38.9 Å². The average molecular weight is 327 g/mol. The van der Waals surface area contributed by atoms with Crippen LogP contribution in [0.25, 0.3) is 0 Å². The number of carbonyl (C=O) groups is 1. The number of hydrogen-bond donors (Lipinski definition) is 1. The molecule has 0 aliphatic carbocycles. The minimum absolute atomic E-state index is 0.0582. The van der Waals surface area contributed by atoms with E-state index in [9.17, 15) is 4.79 Å². The van der Waals surface area contributed by atoms with Crippen molar-refractivity contribution in [3.63, 3.8) is 0 Å². The molecule has 24 heavy (non-hydrogen) atoms. The molecule has 3 aliphatic heterocycles. The maximum absolute atomic E-state index is 12.9. The lowest BCUT2D eigenvalue weighted by molar-refractivity contribution is -0.126. The van der Waals surface area contributed by atoms with E-state index < -0.39 is 0 Å². The smallest absolute Gasteiger partial charge is 0.237 e. The molecule has 3 heterocycles. The fourth-order valence-electron chi connectivity index (χ4n) is 4.82. The van der Waals surface area contributed by atoms with E-state index >= 15 is 0 Å². The van der Waals surface area contributed by atoms with Gasteiger partial charge >= 0.3 is 0 Å². The Hall–Kier alpha value is -1.39. The summed E-state index contributed by atoms with van der Waals surface area (Å²) in [7, 11) is 0. The highest BCUT2D eigenvalue weighted by atomic mass is 16.2. The molecule has 1 N–H and O–H groups in total. The number of nitrogens with zero attached hydrogens (tertiary/aromatic N) is 2. The molecule has 1 amide bonds. The van der Waals surface area contributed by atoms with Gasteiger partial charge in [-0.2, -0.15) is 0 Å². The highest BCUT2D eigenvalue weighted by Gasteiger charge is 2.38. The van der Waals surface area contributed by atoms with Gasteiger partial charge in [0.1, 0.15) is 0 Å². The molecule has 4 rings (SSSR count). The molecule has 4 heteroatoms. The van der Waals surface area contributed by atoms with E-state index in [1.54, 1.807) is 0 Å². The largest absolute Gasteiger partial charge is 0.350 e. The van der Waals surface area contributed by atoms with Gasteiger partial charge in [-0.1, -0.05) is 36.8 Å². The van der Waals surface area contributed by atoms with Gasteiger partial charge < -0.3 is 5.32 Å². The first-order valence-corrected chi connectivity index (χ1v) is 9.64. The second-order valence-corrected chi connectivity index (χ2v) is 7.62. The van der Waals surface area contributed by atoms with Gasteiger partial charge in [-0.25, -0.2) is 0 Å². The molecule has 3 saturated heterocycles. The molecule has 3 aliphatic rings. The van der Waals surface area contributed by atoms with Crippen molar-refractivity contribution >= 4 is 5.91 Å². The molecule has 1 aromatic carbocycles. The summed E-state index contributed by atoms with van der Waals surface area (Å²) in [6, 6.07) is 11.5. The van der Waals surface area contributed by atoms with Crippen LogP contribution in [0, 0.1) is 0 Å². The second kappa shape index (κ2) is 7.24. The van der Waals surface area contributed by atoms with Crippen molar-refractivity contribution in [1.82, 2.24) is 15.1 Å². The SMILES string of the molecule is O=C(N[C@@H]1CCN2CCCC[C@H]12)[C@@H]1CCCN1Cc1ccccc1. The van der Waals surface area contributed by atoms with Crippen molar-refractivity contribution in [2.24, 2.45) is 0 Å². The Labute approximate surface area is 145 Å². The molecule has 0 saturated carbocycles. The number of carbonyl (C=O) groups excluding carboxylic acids is 1. The van der Waals surface area contributed by atoms with Crippen LogP contribution in [0.2, 0.25) is 0 Å². The summed E-state index contributed by atoms with van der Waals surface area (Å²) >= 11 is 0. The third kappa shape index (κ3) is 3.35. The van der Waals surface area contributed by atoms with Crippen molar-refractivity contribution in [2.75, 3.05) is 19.6 Å². The highest BCUT2D eigenvalue weighted by molar-refractivity contribution is 5.82. The molecule has 0 unspecified atom stereocenters. The zero-order valence-corrected chi connectivity index (χ0v) is 14.5. The molecule has 130 valence electrons. The number of amides is 1. The number of rotatable bonds is 4. The first-order chi connectivity index (χ1) is 11.8. The molecule has 3 fully saturated rings. The number of nitrogens with one attached hydrogen (secondary N) is 1. The van der Waals surface area contributed by atoms with Crippen LogP contribution in [-0.2, 0) is 11.3 Å². The third-order valence-electron chi connectivity index (χ3n) is 6.08. The minimum Gasteiger partial charge on any atom is -0.350 e. The summed E-state index contributed by atoms with van der Waals surface area (Å²) in [5.41, 5.74) is 1.30. The van der Waals surface area contributed by atoms with Crippen molar-refractivity contribution in [3.8, 4) is 0 Å². The standard InChI is InChI=1S/C20H29N3O/c24-20(21-17-11-14-22-12-5-4-9-18(17)22)19-10-6-13-23(19)15-16-7-2-1-3-8-16/h1-3,7-8,17-19H,4-6,9-15H2,(H,21,24)/t17-,18-,19+/m1/s1. The van der Waals surface area contributed by atoms with Crippen molar-refractivity contribution in [2.45, 2.75) is 63.2 Å². The molecule has 0 spiro atoms. The minimum atomic E-state index is 0.0582. The maximum atomic E-state index is 12.9. The lowest BCUT2D eigenvalue weighted by Crippen LogP contribution is -2.51. The van der Waals surface area contributed by atoms with Crippen molar-refractivity contribution in [3.05, 3.63) is 35.9 Å². The Morgan fingerprint density at radius 2 is 1.88 bits per heavy atom. The number of likely N-dealkylation sites (tertiary alicyclic amines) is 1. The summed E-state index contributed by atoms with van der Waals surface area (Å²) < 4.78 is 0. The predicted molar refractivity (Wildman–Crippen MR) is 95.6 cm³/mol. The second-order valence-electron chi connectivity index (χ2n) is 7.62. The topological polar surface area (TPSA) is 35.6 Å². The van der Waals surface area contributed by atoms with E-state index in [0.29, 0.717) is 12.1 Å². The van der Waals surface area contributed by atoms with Crippen LogP contribution in [-0.4, -0.2) is 53.5 Å². The van der Waals surface area contributed by atoms with Crippen LogP contribution in [0.15, 0.2) is 30.3 Å². The van der Waals surface area contributed by atoms with Crippen molar-refractivity contribution in [1.29, 1.82) is 0 Å². The Balaban J connectivity index is 1.36. The molecule has 3 atom stereocenters. The fourth-order valence-corrected chi connectivity index (χ4v) is 4.82. The number of fused-ring (bicyclic) bond motifs is 1. The zero-order valence-electron chi connectivity index (χ0n) is 14.5. The molecule has 1 aromatic rings. The van der Waals surface area contributed by atoms with Crippen molar-refractivity contribution < 1.29 is 4.79 Å². The Morgan fingerprint density at radius 1 is 1.00 bits per heavy atom. The number of piperidine rings is 1. The molecule has 4 nitrogen and oxygen atoms in total. The normalized spacial score (nSPS) is 31.1. The molecule has 0 bridgehead atoms. The van der Waals surface area contributed by atoms with Gasteiger partial charge in [-0.05, 0) is 50.8 Å². The van der Waals surface area contributed by atoms with Gasteiger partial charge in [0, 0.05) is 25.2 Å². The zero-order chi connectivity index (χ0) is 16.4. The average Bonchev–Trinajstić information content (AvgIpc) is 3.23. The Bertz CT molecular complexity index is 561.